The summed E-state index contributed by atoms with van der Waals surface area (Å²) in [5, 5.41) is 7.28. The molecule has 140 valence electrons. The van der Waals surface area contributed by atoms with Crippen LogP contribution in [0, 0.1) is 5.92 Å². The highest BCUT2D eigenvalue weighted by Crippen LogP contribution is 2.22. The average molecular weight is 366 g/mol. The molecule has 1 atom stereocenters. The molecule has 1 aliphatic carbocycles. The number of nitrogens with one attached hydrogen (secondary N) is 1. The van der Waals surface area contributed by atoms with Crippen molar-refractivity contribution < 1.29 is 9.59 Å². The van der Waals surface area contributed by atoms with Crippen LogP contribution in [0.2, 0.25) is 0 Å². The van der Waals surface area contributed by atoms with Gasteiger partial charge in [-0.1, -0.05) is 18.2 Å². The van der Waals surface area contributed by atoms with Crippen molar-refractivity contribution in [3.8, 4) is 5.69 Å². The molecule has 1 saturated carbocycles. The minimum Gasteiger partial charge on any atom is -0.353 e. The minimum absolute atomic E-state index is 0.0391. The number of rotatable bonds is 4. The molecule has 2 aromatic rings. The van der Waals surface area contributed by atoms with Crippen LogP contribution in [-0.2, 0) is 4.79 Å². The van der Waals surface area contributed by atoms with Crippen LogP contribution in [0.3, 0.4) is 0 Å². The van der Waals surface area contributed by atoms with Gasteiger partial charge in [-0.2, -0.15) is 9.78 Å². The molecule has 1 aromatic carbocycles. The van der Waals surface area contributed by atoms with Crippen molar-refractivity contribution in [2.45, 2.75) is 31.7 Å². The number of likely N-dealkylation sites (tertiary alicyclic amines) is 1. The number of aromatic nitrogens is 2. The number of amides is 2. The molecule has 7 heteroatoms. The van der Waals surface area contributed by atoms with E-state index in [1.165, 1.54) is 16.8 Å². The molecule has 1 aliphatic heterocycles. The first kappa shape index (κ1) is 17.5. The predicted molar refractivity (Wildman–Crippen MR) is 99.6 cm³/mol. The van der Waals surface area contributed by atoms with Crippen molar-refractivity contribution in [3.63, 3.8) is 0 Å². The van der Waals surface area contributed by atoms with Gasteiger partial charge in [-0.05, 0) is 43.9 Å². The Labute approximate surface area is 157 Å². The number of hydrogen-bond acceptors (Lipinski definition) is 4. The maximum atomic E-state index is 12.9. The van der Waals surface area contributed by atoms with Crippen molar-refractivity contribution in [2.75, 3.05) is 13.1 Å². The molecule has 1 saturated heterocycles. The Morgan fingerprint density at radius 1 is 1.04 bits per heavy atom. The van der Waals surface area contributed by atoms with E-state index in [0.29, 0.717) is 24.8 Å². The van der Waals surface area contributed by atoms with E-state index in [2.05, 4.69) is 10.4 Å². The second-order valence-corrected chi connectivity index (χ2v) is 7.18. The van der Waals surface area contributed by atoms with Crippen LogP contribution in [0.4, 0.5) is 0 Å². The Balaban J connectivity index is 1.52. The standard InChI is InChI=1S/C20H22N4O3/c25-18-11-10-17(22-24(18)16-6-2-1-3-7-16)20(27)23-12-4-5-14(13-23)19(26)21-15-8-9-15/h1-3,6-7,10-11,14-15H,4-5,8-9,12-13H2,(H,21,26). The van der Waals surface area contributed by atoms with Crippen LogP contribution >= 0.6 is 0 Å². The highest BCUT2D eigenvalue weighted by Gasteiger charge is 2.32. The third-order valence-corrected chi connectivity index (χ3v) is 5.02. The molecule has 1 unspecified atom stereocenters. The fourth-order valence-corrected chi connectivity index (χ4v) is 3.36. The Morgan fingerprint density at radius 3 is 2.56 bits per heavy atom. The molecule has 1 aromatic heterocycles. The molecule has 2 heterocycles. The smallest absolute Gasteiger partial charge is 0.274 e. The fourth-order valence-electron chi connectivity index (χ4n) is 3.36. The third kappa shape index (κ3) is 3.92. The van der Waals surface area contributed by atoms with Crippen LogP contribution in [0.5, 0.6) is 0 Å². The van der Waals surface area contributed by atoms with Gasteiger partial charge < -0.3 is 10.2 Å². The zero-order chi connectivity index (χ0) is 18.8. The van der Waals surface area contributed by atoms with Gasteiger partial charge in [-0.25, -0.2) is 0 Å². The topological polar surface area (TPSA) is 84.3 Å². The number of carbonyl (C=O) groups is 2. The number of carbonyl (C=O) groups excluding carboxylic acids is 2. The summed E-state index contributed by atoms with van der Waals surface area (Å²) in [5.41, 5.74) is 0.525. The maximum Gasteiger partial charge on any atom is 0.274 e. The molecule has 0 radical (unpaired) electrons. The van der Waals surface area contributed by atoms with Crippen LogP contribution in [0.25, 0.3) is 5.69 Å². The number of nitrogens with zero attached hydrogens (tertiary/aromatic N) is 3. The highest BCUT2D eigenvalue weighted by atomic mass is 16.2. The summed E-state index contributed by atoms with van der Waals surface area (Å²) in [6.07, 6.45) is 3.67. The van der Waals surface area contributed by atoms with Crippen molar-refractivity contribution >= 4 is 11.8 Å². The SMILES string of the molecule is O=C(NC1CC1)C1CCCN(C(=O)c2ccc(=O)n(-c3ccccc3)n2)C1. The second kappa shape index (κ2) is 7.34. The van der Waals surface area contributed by atoms with Crippen LogP contribution in [0.15, 0.2) is 47.3 Å². The first-order valence-electron chi connectivity index (χ1n) is 9.37. The van der Waals surface area contributed by atoms with Crippen molar-refractivity contribution in [1.82, 2.24) is 20.0 Å². The Morgan fingerprint density at radius 2 is 1.81 bits per heavy atom. The van der Waals surface area contributed by atoms with E-state index in [1.807, 2.05) is 18.2 Å². The number of para-hydroxylation sites is 1. The molecule has 4 rings (SSSR count). The quantitative estimate of drug-likeness (QED) is 0.886. The molecule has 7 nitrogen and oxygen atoms in total. The van der Waals surface area contributed by atoms with E-state index in [1.54, 1.807) is 17.0 Å². The maximum absolute atomic E-state index is 12.9. The van der Waals surface area contributed by atoms with E-state index < -0.39 is 0 Å². The van der Waals surface area contributed by atoms with Crippen LogP contribution < -0.4 is 10.9 Å². The zero-order valence-electron chi connectivity index (χ0n) is 15.0. The predicted octanol–water partition coefficient (Wildman–Crippen LogP) is 1.36. The average Bonchev–Trinajstić information content (AvgIpc) is 3.52. The molecule has 27 heavy (non-hydrogen) atoms. The first-order valence-corrected chi connectivity index (χ1v) is 9.37. The molecule has 1 N–H and O–H groups in total. The number of benzene rings is 1. The highest BCUT2D eigenvalue weighted by molar-refractivity contribution is 5.92. The first-order chi connectivity index (χ1) is 13.1. The van der Waals surface area contributed by atoms with Gasteiger partial charge >= 0.3 is 0 Å². The van der Waals surface area contributed by atoms with Gasteiger partial charge in [0, 0.05) is 25.2 Å². The molecular weight excluding hydrogens is 344 g/mol. The van der Waals surface area contributed by atoms with E-state index in [4.69, 9.17) is 0 Å². The monoisotopic (exact) mass is 366 g/mol. The fraction of sp³-hybridized carbons (Fsp3) is 0.400. The molecule has 2 fully saturated rings. The molecule has 0 bridgehead atoms. The summed E-state index contributed by atoms with van der Waals surface area (Å²) < 4.78 is 1.23. The Hall–Kier alpha value is -2.96. The van der Waals surface area contributed by atoms with Gasteiger partial charge in [-0.3, -0.25) is 14.4 Å². The largest absolute Gasteiger partial charge is 0.353 e. The summed E-state index contributed by atoms with van der Waals surface area (Å²) in [4.78, 5) is 39.1. The van der Waals surface area contributed by atoms with E-state index >= 15 is 0 Å². The molecule has 2 amide bonds. The zero-order valence-corrected chi connectivity index (χ0v) is 15.0. The van der Waals surface area contributed by atoms with Gasteiger partial charge in [0.2, 0.25) is 5.91 Å². The minimum atomic E-state index is -0.293. The van der Waals surface area contributed by atoms with Crippen molar-refractivity contribution in [1.29, 1.82) is 0 Å². The van der Waals surface area contributed by atoms with Gasteiger partial charge in [0.05, 0.1) is 11.6 Å². The summed E-state index contributed by atoms with van der Waals surface area (Å²) in [7, 11) is 0. The van der Waals surface area contributed by atoms with E-state index in [-0.39, 0.29) is 29.0 Å². The lowest BCUT2D eigenvalue weighted by Gasteiger charge is -2.31. The summed E-state index contributed by atoms with van der Waals surface area (Å²) in [6, 6.07) is 12.1. The van der Waals surface area contributed by atoms with Crippen molar-refractivity contribution in [2.24, 2.45) is 5.92 Å². The van der Waals surface area contributed by atoms with Crippen LogP contribution in [0.1, 0.15) is 36.2 Å². The Kier molecular flexibility index (Phi) is 4.75. The normalized spacial score (nSPS) is 19.6. The number of hydrogen-bond donors (Lipinski definition) is 1. The van der Waals surface area contributed by atoms with Crippen LogP contribution in [-0.4, -0.2) is 45.6 Å². The van der Waals surface area contributed by atoms with E-state index in [0.717, 1.165) is 25.7 Å². The van der Waals surface area contributed by atoms with Gasteiger partial charge in [0.25, 0.3) is 11.5 Å². The van der Waals surface area contributed by atoms with Crippen molar-refractivity contribution in [3.05, 3.63) is 58.5 Å². The molecular formula is C20H22N4O3. The third-order valence-electron chi connectivity index (χ3n) is 5.02. The summed E-state index contributed by atoms with van der Waals surface area (Å²) in [5.74, 6) is -0.385. The lowest BCUT2D eigenvalue weighted by Crippen LogP contribution is -2.46. The lowest BCUT2D eigenvalue weighted by molar-refractivity contribution is -0.126. The van der Waals surface area contributed by atoms with Gasteiger partial charge in [-0.15, -0.1) is 0 Å². The second-order valence-electron chi connectivity index (χ2n) is 7.18. The molecule has 2 aliphatic rings. The summed E-state index contributed by atoms with van der Waals surface area (Å²) >= 11 is 0. The lowest BCUT2D eigenvalue weighted by atomic mass is 9.97. The Bertz CT molecular complexity index is 905. The van der Waals surface area contributed by atoms with E-state index in [9.17, 15) is 14.4 Å². The van der Waals surface area contributed by atoms with Gasteiger partial charge in [0.15, 0.2) is 0 Å². The molecule has 0 spiro atoms. The number of piperidine rings is 1. The summed E-state index contributed by atoms with van der Waals surface area (Å²) in [6.45, 7) is 0.988. The van der Waals surface area contributed by atoms with Gasteiger partial charge in [0.1, 0.15) is 5.69 Å².